The molecule has 0 aliphatic carbocycles. The fourth-order valence-corrected chi connectivity index (χ4v) is 4.62. The number of rotatable bonds is 9. The van der Waals surface area contributed by atoms with Crippen LogP contribution in [0.3, 0.4) is 0 Å². The number of piperidine rings is 1. The summed E-state index contributed by atoms with van der Waals surface area (Å²) in [5.74, 6) is -0.134. The maximum absolute atomic E-state index is 13.5. The van der Waals surface area contributed by atoms with Crippen molar-refractivity contribution < 1.29 is 23.8 Å². The van der Waals surface area contributed by atoms with Gasteiger partial charge in [-0.05, 0) is 49.6 Å². The number of hydrogen-bond acceptors (Lipinski definition) is 8. The number of ether oxygens (including phenoxy) is 1. The molecule has 4 rings (SSSR count). The van der Waals surface area contributed by atoms with E-state index in [9.17, 15) is 19.7 Å². The van der Waals surface area contributed by atoms with Crippen molar-refractivity contribution in [1.29, 1.82) is 0 Å². The number of aromatic nitrogens is 2. The molecule has 200 valence electrons. The van der Waals surface area contributed by atoms with Crippen LogP contribution in [0.1, 0.15) is 41.6 Å². The van der Waals surface area contributed by atoms with Crippen molar-refractivity contribution in [3.8, 4) is 11.4 Å². The van der Waals surface area contributed by atoms with Crippen LogP contribution in [0.4, 0.5) is 5.69 Å². The molecule has 11 nitrogen and oxygen atoms in total. The molecule has 1 atom stereocenters. The number of halogens is 2. The van der Waals surface area contributed by atoms with Crippen LogP contribution in [-0.4, -0.2) is 70.0 Å². The summed E-state index contributed by atoms with van der Waals surface area (Å²) in [5, 5.41) is 15.6. The number of carbonyl (C=O) groups excluding carboxylic acids is 2. The second-order valence-corrected chi connectivity index (χ2v) is 9.55. The summed E-state index contributed by atoms with van der Waals surface area (Å²) in [6, 6.07) is 10.2. The zero-order valence-electron chi connectivity index (χ0n) is 20.5. The van der Waals surface area contributed by atoms with E-state index in [-0.39, 0.29) is 41.9 Å². The zero-order valence-corrected chi connectivity index (χ0v) is 22.0. The zero-order chi connectivity index (χ0) is 27.2. The molecule has 0 N–H and O–H groups in total. The molecule has 2 amide bonds. The number of benzene rings is 2. The summed E-state index contributed by atoms with van der Waals surface area (Å²) < 4.78 is 10.7. The molecule has 38 heavy (non-hydrogen) atoms. The molecule has 1 aliphatic heterocycles. The Labute approximate surface area is 228 Å². The molecule has 1 unspecified atom stereocenters. The second-order valence-electron chi connectivity index (χ2n) is 8.70. The van der Waals surface area contributed by atoms with Gasteiger partial charge in [-0.3, -0.25) is 19.7 Å². The number of nitro benzene ring substituents is 1. The van der Waals surface area contributed by atoms with Crippen molar-refractivity contribution in [1.82, 2.24) is 19.9 Å². The van der Waals surface area contributed by atoms with Gasteiger partial charge in [0.2, 0.25) is 17.6 Å². The van der Waals surface area contributed by atoms with Gasteiger partial charge in [0.25, 0.3) is 11.6 Å². The van der Waals surface area contributed by atoms with Crippen LogP contribution in [0.2, 0.25) is 10.0 Å². The number of carbonyl (C=O) groups is 2. The standard InChI is InChI=1S/C25H25Cl2N5O6/c1-37-13-12-30(25(34)19-10-9-18(32(35)36)14-20(19)27)15-22(33)31-11-3-2-4-21(31)24-28-23(29-38-24)16-5-7-17(26)8-6-16/h5-10,14,21H,2-4,11-13,15H2,1H3. The summed E-state index contributed by atoms with van der Waals surface area (Å²) in [5.41, 5.74) is 0.551. The summed E-state index contributed by atoms with van der Waals surface area (Å²) >= 11 is 12.1. The number of nitro groups is 1. The second kappa shape index (κ2) is 12.3. The lowest BCUT2D eigenvalue weighted by molar-refractivity contribution is -0.384. The monoisotopic (exact) mass is 561 g/mol. The Morgan fingerprint density at radius 1 is 1.21 bits per heavy atom. The van der Waals surface area contributed by atoms with Crippen LogP contribution in [0.25, 0.3) is 11.4 Å². The lowest BCUT2D eigenvalue weighted by Crippen LogP contribution is -2.47. The smallest absolute Gasteiger partial charge is 0.270 e. The van der Waals surface area contributed by atoms with Gasteiger partial charge in [-0.25, -0.2) is 0 Å². The molecule has 1 aliphatic rings. The Bertz CT molecular complexity index is 1320. The molecule has 2 heterocycles. The van der Waals surface area contributed by atoms with Crippen molar-refractivity contribution in [2.24, 2.45) is 0 Å². The fraction of sp³-hybridized carbons (Fsp3) is 0.360. The van der Waals surface area contributed by atoms with E-state index in [0.717, 1.165) is 24.5 Å². The first-order chi connectivity index (χ1) is 18.3. The van der Waals surface area contributed by atoms with Gasteiger partial charge in [0.1, 0.15) is 12.6 Å². The minimum atomic E-state index is -0.598. The van der Waals surface area contributed by atoms with Crippen LogP contribution in [-0.2, 0) is 9.53 Å². The largest absolute Gasteiger partial charge is 0.383 e. The molecule has 2 aromatic carbocycles. The molecule has 3 aromatic rings. The van der Waals surface area contributed by atoms with Gasteiger partial charge in [-0.15, -0.1) is 0 Å². The predicted molar refractivity (Wildman–Crippen MR) is 139 cm³/mol. The quantitative estimate of drug-likeness (QED) is 0.269. The Balaban J connectivity index is 1.53. The third-order valence-corrected chi connectivity index (χ3v) is 6.79. The summed E-state index contributed by atoms with van der Waals surface area (Å²) in [4.78, 5) is 44.7. The van der Waals surface area contributed by atoms with E-state index >= 15 is 0 Å². The summed E-state index contributed by atoms with van der Waals surface area (Å²) in [6.07, 6.45) is 2.30. The average Bonchev–Trinajstić information content (AvgIpc) is 3.41. The maximum Gasteiger partial charge on any atom is 0.270 e. The normalized spacial score (nSPS) is 15.3. The van der Waals surface area contributed by atoms with E-state index in [1.54, 1.807) is 29.2 Å². The molecular weight excluding hydrogens is 537 g/mol. The minimum Gasteiger partial charge on any atom is -0.383 e. The number of amides is 2. The minimum absolute atomic E-state index is 0.0564. The van der Waals surface area contributed by atoms with E-state index < -0.39 is 16.9 Å². The van der Waals surface area contributed by atoms with Crippen LogP contribution < -0.4 is 0 Å². The Morgan fingerprint density at radius 2 is 1.97 bits per heavy atom. The molecule has 0 bridgehead atoms. The number of likely N-dealkylation sites (tertiary alicyclic amines) is 1. The van der Waals surface area contributed by atoms with E-state index in [1.165, 1.54) is 24.1 Å². The van der Waals surface area contributed by atoms with Crippen LogP contribution >= 0.6 is 23.2 Å². The molecule has 0 saturated carbocycles. The lowest BCUT2D eigenvalue weighted by Gasteiger charge is -2.35. The molecule has 1 saturated heterocycles. The average molecular weight is 562 g/mol. The molecule has 13 heteroatoms. The van der Waals surface area contributed by atoms with Crippen LogP contribution in [0.5, 0.6) is 0 Å². The topological polar surface area (TPSA) is 132 Å². The van der Waals surface area contributed by atoms with Crippen molar-refractivity contribution in [2.75, 3.05) is 33.4 Å². The van der Waals surface area contributed by atoms with Crippen molar-refractivity contribution in [3.05, 3.63) is 74.1 Å². The first kappa shape index (κ1) is 27.5. The number of methoxy groups -OCH3 is 1. The van der Waals surface area contributed by atoms with Gasteiger partial charge >= 0.3 is 0 Å². The van der Waals surface area contributed by atoms with Crippen molar-refractivity contribution in [2.45, 2.75) is 25.3 Å². The maximum atomic E-state index is 13.5. The highest BCUT2D eigenvalue weighted by Crippen LogP contribution is 2.32. The molecule has 0 spiro atoms. The first-order valence-corrected chi connectivity index (χ1v) is 12.6. The third-order valence-electron chi connectivity index (χ3n) is 6.22. The fourth-order valence-electron chi connectivity index (χ4n) is 4.24. The van der Waals surface area contributed by atoms with E-state index in [0.29, 0.717) is 29.7 Å². The number of hydrogen-bond donors (Lipinski definition) is 0. The van der Waals surface area contributed by atoms with Crippen LogP contribution in [0.15, 0.2) is 47.0 Å². The molecule has 1 fully saturated rings. The van der Waals surface area contributed by atoms with Gasteiger partial charge in [-0.1, -0.05) is 28.4 Å². The first-order valence-electron chi connectivity index (χ1n) is 11.9. The van der Waals surface area contributed by atoms with Crippen molar-refractivity contribution in [3.63, 3.8) is 0 Å². The van der Waals surface area contributed by atoms with E-state index in [1.807, 2.05) is 0 Å². The van der Waals surface area contributed by atoms with Gasteiger partial charge < -0.3 is 19.1 Å². The van der Waals surface area contributed by atoms with Crippen LogP contribution in [0, 0.1) is 10.1 Å². The van der Waals surface area contributed by atoms with Gasteiger partial charge in [0, 0.05) is 42.9 Å². The van der Waals surface area contributed by atoms with E-state index in [2.05, 4.69) is 10.1 Å². The Morgan fingerprint density at radius 3 is 2.66 bits per heavy atom. The number of non-ortho nitro benzene ring substituents is 1. The molecular formula is C25H25Cl2N5O6. The van der Waals surface area contributed by atoms with Gasteiger partial charge in [0.15, 0.2) is 0 Å². The lowest BCUT2D eigenvalue weighted by atomic mass is 10.0. The number of nitrogens with zero attached hydrogens (tertiary/aromatic N) is 5. The highest BCUT2D eigenvalue weighted by Gasteiger charge is 2.34. The van der Waals surface area contributed by atoms with Gasteiger partial charge in [0.05, 0.1) is 22.1 Å². The summed E-state index contributed by atoms with van der Waals surface area (Å²) in [7, 11) is 1.48. The SMILES string of the molecule is COCCN(CC(=O)N1CCCCC1c1nc(-c2ccc(Cl)cc2)no1)C(=O)c1ccc([N+](=O)[O-])cc1Cl. The summed E-state index contributed by atoms with van der Waals surface area (Å²) in [6.45, 7) is 0.520. The Kier molecular flexibility index (Phi) is 8.93. The highest BCUT2D eigenvalue weighted by atomic mass is 35.5. The predicted octanol–water partition coefficient (Wildman–Crippen LogP) is 4.79. The van der Waals surface area contributed by atoms with E-state index in [4.69, 9.17) is 32.5 Å². The van der Waals surface area contributed by atoms with Gasteiger partial charge in [-0.2, -0.15) is 4.98 Å². The molecule has 0 radical (unpaired) electrons. The van der Waals surface area contributed by atoms with Crippen molar-refractivity contribution >= 4 is 40.7 Å². The highest BCUT2D eigenvalue weighted by molar-refractivity contribution is 6.34. The Hall–Kier alpha value is -3.54. The third kappa shape index (κ3) is 6.29. The molecule has 1 aromatic heterocycles.